The van der Waals surface area contributed by atoms with E-state index in [2.05, 4.69) is 25.6 Å². The van der Waals surface area contributed by atoms with E-state index >= 15 is 0 Å². The molecule has 0 aliphatic carbocycles. The summed E-state index contributed by atoms with van der Waals surface area (Å²) in [7, 11) is 0. The van der Waals surface area contributed by atoms with Gasteiger partial charge in [-0.25, -0.2) is 15.0 Å². The van der Waals surface area contributed by atoms with Crippen molar-refractivity contribution in [3.8, 4) is 5.82 Å². The van der Waals surface area contributed by atoms with Gasteiger partial charge in [0.15, 0.2) is 0 Å². The van der Waals surface area contributed by atoms with E-state index in [1.54, 1.807) is 6.20 Å². The minimum absolute atomic E-state index is 0.00611. The number of carbonyl (C=O) groups excluding carboxylic acids is 1. The van der Waals surface area contributed by atoms with Crippen molar-refractivity contribution in [1.82, 2.24) is 24.8 Å². The molecule has 0 saturated heterocycles. The molecule has 26 heavy (non-hydrogen) atoms. The molecule has 0 unspecified atom stereocenters. The second kappa shape index (κ2) is 8.24. The molecule has 7 heteroatoms. The van der Waals surface area contributed by atoms with Crippen LogP contribution in [0.3, 0.4) is 0 Å². The van der Waals surface area contributed by atoms with Gasteiger partial charge >= 0.3 is 0 Å². The highest BCUT2D eigenvalue weighted by atomic mass is 16.1. The van der Waals surface area contributed by atoms with Gasteiger partial charge in [-0.3, -0.25) is 9.36 Å². The summed E-state index contributed by atoms with van der Waals surface area (Å²) in [6.07, 6.45) is 3.99. The summed E-state index contributed by atoms with van der Waals surface area (Å²) in [6, 6.07) is 11.6. The van der Waals surface area contributed by atoms with Gasteiger partial charge in [0.25, 0.3) is 0 Å². The van der Waals surface area contributed by atoms with Crippen molar-refractivity contribution in [3.63, 3.8) is 0 Å². The van der Waals surface area contributed by atoms with Gasteiger partial charge in [0, 0.05) is 31.5 Å². The number of rotatable bonds is 7. The third kappa shape index (κ3) is 4.66. The van der Waals surface area contributed by atoms with Crippen LogP contribution in [0.2, 0.25) is 0 Å². The first kappa shape index (κ1) is 17.6. The minimum Gasteiger partial charge on any atom is -0.368 e. The van der Waals surface area contributed by atoms with Crippen LogP contribution >= 0.6 is 0 Å². The maximum absolute atomic E-state index is 12.0. The largest absolute Gasteiger partial charge is 0.368 e. The molecule has 0 aliphatic heterocycles. The highest BCUT2D eigenvalue weighted by molar-refractivity contribution is 5.78. The molecule has 2 aromatic heterocycles. The zero-order chi connectivity index (χ0) is 18.4. The fraction of sp³-hybridized carbons (Fsp3) is 0.263. The summed E-state index contributed by atoms with van der Waals surface area (Å²) in [5, 5.41) is 6.13. The van der Waals surface area contributed by atoms with Gasteiger partial charge in [0.1, 0.15) is 23.3 Å². The highest BCUT2D eigenvalue weighted by Crippen LogP contribution is 2.12. The van der Waals surface area contributed by atoms with Crippen LogP contribution in [-0.2, 0) is 11.2 Å². The molecule has 134 valence electrons. The number of nitrogens with zero attached hydrogens (tertiary/aromatic N) is 4. The number of imidazole rings is 1. The Balaban J connectivity index is 1.51. The summed E-state index contributed by atoms with van der Waals surface area (Å²) in [6.45, 7) is 4.88. The smallest absolute Gasteiger partial charge is 0.224 e. The SMILES string of the molecule is Cc1nc(NCCNC(=O)Cc2ccccc2)cc(-n2ccnc2C)n1. The summed E-state index contributed by atoms with van der Waals surface area (Å²) in [4.78, 5) is 25.0. The second-order valence-corrected chi connectivity index (χ2v) is 5.94. The molecule has 0 fully saturated rings. The number of amides is 1. The first-order valence-corrected chi connectivity index (χ1v) is 8.52. The summed E-state index contributed by atoms with van der Waals surface area (Å²) in [5.41, 5.74) is 1.00. The standard InChI is InChI=1S/C19H22N6O/c1-14-23-17(13-18(24-14)25-11-10-20-15(25)2)21-8-9-22-19(26)12-16-6-4-3-5-7-16/h3-7,10-11,13H,8-9,12H2,1-2H3,(H,22,26)(H,21,23,24). The maximum atomic E-state index is 12.0. The molecular formula is C19H22N6O. The Morgan fingerprint density at radius 2 is 1.92 bits per heavy atom. The molecule has 0 saturated carbocycles. The summed E-state index contributed by atoms with van der Waals surface area (Å²) in [5.74, 6) is 3.03. The molecule has 0 atom stereocenters. The molecular weight excluding hydrogens is 328 g/mol. The molecule has 7 nitrogen and oxygen atoms in total. The lowest BCUT2D eigenvalue weighted by Crippen LogP contribution is -2.30. The molecule has 3 rings (SSSR count). The molecule has 0 spiro atoms. The van der Waals surface area contributed by atoms with Crippen molar-refractivity contribution in [3.05, 3.63) is 66.0 Å². The fourth-order valence-electron chi connectivity index (χ4n) is 2.62. The summed E-state index contributed by atoms with van der Waals surface area (Å²) < 4.78 is 1.90. The third-order valence-corrected chi connectivity index (χ3v) is 3.86. The van der Waals surface area contributed by atoms with Crippen LogP contribution in [0.4, 0.5) is 5.82 Å². The Kier molecular flexibility index (Phi) is 5.58. The first-order valence-electron chi connectivity index (χ1n) is 8.52. The van der Waals surface area contributed by atoms with Crippen molar-refractivity contribution in [2.24, 2.45) is 0 Å². The first-order chi connectivity index (χ1) is 12.6. The van der Waals surface area contributed by atoms with E-state index in [0.717, 1.165) is 23.0 Å². The number of nitrogens with one attached hydrogen (secondary N) is 2. The number of hydrogen-bond donors (Lipinski definition) is 2. The van der Waals surface area contributed by atoms with Gasteiger partial charge < -0.3 is 10.6 Å². The number of anilines is 1. The second-order valence-electron chi connectivity index (χ2n) is 5.94. The number of benzene rings is 1. The van der Waals surface area contributed by atoms with E-state index in [0.29, 0.717) is 25.3 Å². The molecule has 3 aromatic rings. The van der Waals surface area contributed by atoms with Crippen molar-refractivity contribution in [2.45, 2.75) is 20.3 Å². The normalized spacial score (nSPS) is 10.5. The van der Waals surface area contributed by atoms with E-state index < -0.39 is 0 Å². The monoisotopic (exact) mass is 350 g/mol. The Hall–Kier alpha value is -3.22. The molecule has 2 heterocycles. The van der Waals surface area contributed by atoms with Gasteiger partial charge in [-0.15, -0.1) is 0 Å². The lowest BCUT2D eigenvalue weighted by atomic mass is 10.1. The maximum Gasteiger partial charge on any atom is 0.224 e. The average molecular weight is 350 g/mol. The summed E-state index contributed by atoms with van der Waals surface area (Å²) >= 11 is 0. The predicted molar refractivity (Wildman–Crippen MR) is 100 cm³/mol. The van der Waals surface area contributed by atoms with E-state index in [9.17, 15) is 4.79 Å². The predicted octanol–water partition coefficient (Wildman–Crippen LogP) is 2.05. The van der Waals surface area contributed by atoms with E-state index in [4.69, 9.17) is 0 Å². The van der Waals surface area contributed by atoms with E-state index in [1.165, 1.54) is 0 Å². The number of aromatic nitrogens is 4. The molecule has 1 aromatic carbocycles. The molecule has 0 radical (unpaired) electrons. The lowest BCUT2D eigenvalue weighted by molar-refractivity contribution is -0.120. The number of hydrogen-bond acceptors (Lipinski definition) is 5. The zero-order valence-corrected chi connectivity index (χ0v) is 14.9. The van der Waals surface area contributed by atoms with Crippen molar-refractivity contribution < 1.29 is 4.79 Å². The molecule has 1 amide bonds. The lowest BCUT2D eigenvalue weighted by Gasteiger charge is -2.10. The van der Waals surface area contributed by atoms with Gasteiger partial charge in [-0.05, 0) is 19.4 Å². The quantitative estimate of drug-likeness (QED) is 0.637. The zero-order valence-electron chi connectivity index (χ0n) is 14.9. The van der Waals surface area contributed by atoms with Gasteiger partial charge in [-0.1, -0.05) is 30.3 Å². The van der Waals surface area contributed by atoms with Crippen LogP contribution in [-0.4, -0.2) is 38.5 Å². The molecule has 2 N–H and O–H groups in total. The van der Waals surface area contributed by atoms with Gasteiger partial charge in [0.2, 0.25) is 5.91 Å². The van der Waals surface area contributed by atoms with Gasteiger partial charge in [0.05, 0.1) is 6.42 Å². The van der Waals surface area contributed by atoms with Crippen molar-refractivity contribution in [2.75, 3.05) is 18.4 Å². The Bertz CT molecular complexity index is 875. The fourth-order valence-corrected chi connectivity index (χ4v) is 2.62. The Morgan fingerprint density at radius 1 is 1.12 bits per heavy atom. The topological polar surface area (TPSA) is 84.7 Å². The van der Waals surface area contributed by atoms with Crippen LogP contribution < -0.4 is 10.6 Å². The van der Waals surface area contributed by atoms with Crippen LogP contribution in [0, 0.1) is 13.8 Å². The van der Waals surface area contributed by atoms with Gasteiger partial charge in [-0.2, -0.15) is 0 Å². The molecule has 0 aliphatic rings. The number of aryl methyl sites for hydroxylation is 2. The Labute approximate surface area is 152 Å². The van der Waals surface area contributed by atoms with Crippen molar-refractivity contribution >= 4 is 11.7 Å². The Morgan fingerprint density at radius 3 is 2.65 bits per heavy atom. The van der Waals surface area contributed by atoms with Crippen LogP contribution in [0.15, 0.2) is 48.8 Å². The van der Waals surface area contributed by atoms with E-state index in [1.807, 2.05) is 61.0 Å². The van der Waals surface area contributed by atoms with E-state index in [-0.39, 0.29) is 5.91 Å². The highest BCUT2D eigenvalue weighted by Gasteiger charge is 2.06. The van der Waals surface area contributed by atoms with Crippen LogP contribution in [0.25, 0.3) is 5.82 Å². The minimum atomic E-state index is 0.00611. The number of carbonyl (C=O) groups is 1. The average Bonchev–Trinajstić information content (AvgIpc) is 3.05. The van der Waals surface area contributed by atoms with Crippen LogP contribution in [0.5, 0.6) is 0 Å². The van der Waals surface area contributed by atoms with Crippen LogP contribution in [0.1, 0.15) is 17.2 Å². The molecule has 0 bridgehead atoms. The van der Waals surface area contributed by atoms with Crippen molar-refractivity contribution in [1.29, 1.82) is 0 Å². The third-order valence-electron chi connectivity index (χ3n) is 3.86.